The SMILES string of the molecule is CN1CCN(S(=O)(=O)c2cc(Cl)ccc2Cl)[C@@H](c2ccccc2)C1. The Morgan fingerprint density at radius 3 is 2.46 bits per heavy atom. The van der Waals surface area contributed by atoms with Crippen LogP contribution in [-0.2, 0) is 10.0 Å². The number of hydrogen-bond acceptors (Lipinski definition) is 3. The Morgan fingerprint density at radius 1 is 1.04 bits per heavy atom. The van der Waals surface area contributed by atoms with E-state index in [9.17, 15) is 8.42 Å². The van der Waals surface area contributed by atoms with Crippen molar-refractivity contribution in [1.29, 1.82) is 0 Å². The molecule has 0 radical (unpaired) electrons. The first-order chi connectivity index (χ1) is 11.4. The van der Waals surface area contributed by atoms with Gasteiger partial charge in [0.05, 0.1) is 11.1 Å². The number of piperazine rings is 1. The normalized spacial score (nSPS) is 20.2. The van der Waals surface area contributed by atoms with E-state index in [0.29, 0.717) is 24.7 Å². The van der Waals surface area contributed by atoms with Gasteiger partial charge in [-0.2, -0.15) is 4.31 Å². The molecule has 1 aliphatic rings. The highest BCUT2D eigenvalue weighted by molar-refractivity contribution is 7.89. The first-order valence-electron chi connectivity index (χ1n) is 7.60. The molecule has 0 aromatic heterocycles. The smallest absolute Gasteiger partial charge is 0.245 e. The lowest BCUT2D eigenvalue weighted by atomic mass is 10.1. The van der Waals surface area contributed by atoms with Crippen molar-refractivity contribution in [3.8, 4) is 0 Å². The maximum absolute atomic E-state index is 13.2. The molecule has 0 aliphatic carbocycles. The number of rotatable bonds is 3. The van der Waals surface area contributed by atoms with Crippen LogP contribution in [0.15, 0.2) is 53.4 Å². The van der Waals surface area contributed by atoms with E-state index in [0.717, 1.165) is 5.56 Å². The van der Waals surface area contributed by atoms with Crippen molar-refractivity contribution in [2.45, 2.75) is 10.9 Å². The summed E-state index contributed by atoms with van der Waals surface area (Å²) in [6.45, 7) is 1.70. The quantitative estimate of drug-likeness (QED) is 0.810. The molecule has 0 bridgehead atoms. The Bertz CT molecular complexity index is 828. The van der Waals surface area contributed by atoms with Crippen LogP contribution in [-0.4, -0.2) is 44.3 Å². The van der Waals surface area contributed by atoms with Crippen molar-refractivity contribution in [3.05, 3.63) is 64.1 Å². The van der Waals surface area contributed by atoms with Crippen LogP contribution in [0.3, 0.4) is 0 Å². The van der Waals surface area contributed by atoms with Gasteiger partial charge in [-0.25, -0.2) is 8.42 Å². The topological polar surface area (TPSA) is 40.6 Å². The van der Waals surface area contributed by atoms with Crippen LogP contribution in [0.1, 0.15) is 11.6 Å². The molecule has 1 fully saturated rings. The summed E-state index contributed by atoms with van der Waals surface area (Å²) in [6, 6.07) is 13.9. The maximum atomic E-state index is 13.2. The van der Waals surface area contributed by atoms with Crippen molar-refractivity contribution < 1.29 is 8.42 Å². The average molecular weight is 385 g/mol. The van der Waals surface area contributed by atoms with Gasteiger partial charge in [0.25, 0.3) is 0 Å². The van der Waals surface area contributed by atoms with Gasteiger partial charge in [0, 0.05) is 24.7 Å². The zero-order valence-electron chi connectivity index (χ0n) is 13.2. The van der Waals surface area contributed by atoms with Gasteiger partial charge in [-0.15, -0.1) is 0 Å². The van der Waals surface area contributed by atoms with Gasteiger partial charge in [0.15, 0.2) is 0 Å². The molecule has 0 spiro atoms. The molecule has 24 heavy (non-hydrogen) atoms. The number of benzene rings is 2. The van der Waals surface area contributed by atoms with Crippen LogP contribution >= 0.6 is 23.2 Å². The van der Waals surface area contributed by atoms with E-state index in [1.807, 2.05) is 37.4 Å². The van der Waals surface area contributed by atoms with Gasteiger partial charge in [0.1, 0.15) is 4.90 Å². The third-order valence-corrected chi connectivity index (χ3v) is 6.82. The molecule has 128 valence electrons. The Kier molecular flexibility index (Phi) is 5.18. The summed E-state index contributed by atoms with van der Waals surface area (Å²) in [5.74, 6) is 0. The van der Waals surface area contributed by atoms with Gasteiger partial charge < -0.3 is 4.90 Å². The number of halogens is 2. The van der Waals surface area contributed by atoms with Crippen LogP contribution < -0.4 is 0 Å². The highest BCUT2D eigenvalue weighted by Gasteiger charge is 2.37. The molecule has 1 atom stereocenters. The first-order valence-corrected chi connectivity index (χ1v) is 9.79. The van der Waals surface area contributed by atoms with Gasteiger partial charge in [-0.1, -0.05) is 53.5 Å². The third kappa shape index (κ3) is 3.46. The monoisotopic (exact) mass is 384 g/mol. The fraction of sp³-hybridized carbons (Fsp3) is 0.294. The minimum Gasteiger partial charge on any atom is -0.303 e. The van der Waals surface area contributed by atoms with Crippen molar-refractivity contribution in [3.63, 3.8) is 0 Å². The van der Waals surface area contributed by atoms with Crippen molar-refractivity contribution in [2.75, 3.05) is 26.7 Å². The number of nitrogens with zero attached hydrogens (tertiary/aromatic N) is 2. The molecule has 0 saturated carbocycles. The molecule has 3 rings (SSSR count). The fourth-order valence-electron chi connectivity index (χ4n) is 2.94. The zero-order chi connectivity index (χ0) is 17.3. The minimum absolute atomic E-state index is 0.0575. The molecule has 2 aromatic rings. The van der Waals surface area contributed by atoms with Crippen molar-refractivity contribution >= 4 is 33.2 Å². The number of hydrogen-bond donors (Lipinski definition) is 0. The maximum Gasteiger partial charge on any atom is 0.245 e. The standard InChI is InChI=1S/C17H18Cl2N2O2S/c1-20-9-10-21(16(12-20)13-5-3-2-4-6-13)24(22,23)17-11-14(18)7-8-15(17)19/h2-8,11,16H,9-10,12H2,1H3/t16-/m1/s1. The molecule has 7 heteroatoms. The predicted molar refractivity (Wildman–Crippen MR) is 97.0 cm³/mol. The Morgan fingerprint density at radius 2 is 1.75 bits per heavy atom. The van der Waals surface area contributed by atoms with Crippen LogP contribution in [0.2, 0.25) is 10.0 Å². The zero-order valence-corrected chi connectivity index (χ0v) is 15.5. The molecule has 4 nitrogen and oxygen atoms in total. The molecule has 1 aliphatic heterocycles. The molecular weight excluding hydrogens is 367 g/mol. The number of sulfonamides is 1. The second-order valence-corrected chi connectivity index (χ2v) is 8.58. The van der Waals surface area contributed by atoms with Crippen LogP contribution in [0.25, 0.3) is 0 Å². The predicted octanol–water partition coefficient (Wildman–Crippen LogP) is 3.67. The van der Waals surface area contributed by atoms with E-state index in [2.05, 4.69) is 4.90 Å². The Hall–Kier alpha value is -1.11. The lowest BCUT2D eigenvalue weighted by Gasteiger charge is -2.39. The molecule has 0 unspecified atom stereocenters. The summed E-state index contributed by atoms with van der Waals surface area (Å²) in [4.78, 5) is 2.19. The molecule has 1 heterocycles. The van der Waals surface area contributed by atoms with Gasteiger partial charge >= 0.3 is 0 Å². The number of likely N-dealkylation sites (N-methyl/N-ethyl adjacent to an activating group) is 1. The van der Waals surface area contributed by atoms with E-state index in [1.54, 1.807) is 6.07 Å². The summed E-state index contributed by atoms with van der Waals surface area (Å²) < 4.78 is 28.0. The summed E-state index contributed by atoms with van der Waals surface area (Å²) >= 11 is 12.1. The van der Waals surface area contributed by atoms with E-state index in [-0.39, 0.29) is 16.0 Å². The van der Waals surface area contributed by atoms with Gasteiger partial charge in [-0.3, -0.25) is 0 Å². The molecule has 0 N–H and O–H groups in total. The van der Waals surface area contributed by atoms with E-state index < -0.39 is 10.0 Å². The summed E-state index contributed by atoms with van der Waals surface area (Å²) in [5.41, 5.74) is 0.964. The van der Waals surface area contributed by atoms with Crippen molar-refractivity contribution in [2.24, 2.45) is 0 Å². The largest absolute Gasteiger partial charge is 0.303 e. The lowest BCUT2D eigenvalue weighted by Crippen LogP contribution is -2.49. The van der Waals surface area contributed by atoms with E-state index in [1.165, 1.54) is 16.4 Å². The Labute approximate surface area is 152 Å². The molecule has 2 aromatic carbocycles. The summed E-state index contributed by atoms with van der Waals surface area (Å²) in [6.07, 6.45) is 0. The second kappa shape index (κ2) is 7.02. The molecular formula is C17H18Cl2N2O2S. The molecule has 0 amide bonds. The highest BCUT2D eigenvalue weighted by Crippen LogP contribution is 2.34. The van der Waals surface area contributed by atoms with Gasteiger partial charge in [-0.05, 0) is 30.8 Å². The summed E-state index contributed by atoms with van der Waals surface area (Å²) in [5, 5.41) is 0.536. The summed E-state index contributed by atoms with van der Waals surface area (Å²) in [7, 11) is -1.75. The van der Waals surface area contributed by atoms with Crippen LogP contribution in [0.4, 0.5) is 0 Å². The first kappa shape index (κ1) is 17.7. The molecule has 1 saturated heterocycles. The average Bonchev–Trinajstić information content (AvgIpc) is 2.57. The van der Waals surface area contributed by atoms with Crippen molar-refractivity contribution in [1.82, 2.24) is 9.21 Å². The third-order valence-electron chi connectivity index (χ3n) is 4.20. The van der Waals surface area contributed by atoms with E-state index >= 15 is 0 Å². The minimum atomic E-state index is -3.75. The Balaban J connectivity index is 2.05. The fourth-order valence-corrected chi connectivity index (χ4v) is 5.27. The second-order valence-electron chi connectivity index (χ2n) is 5.88. The highest BCUT2D eigenvalue weighted by atomic mass is 35.5. The van der Waals surface area contributed by atoms with E-state index in [4.69, 9.17) is 23.2 Å². The van der Waals surface area contributed by atoms with Crippen LogP contribution in [0.5, 0.6) is 0 Å². The van der Waals surface area contributed by atoms with Crippen LogP contribution in [0, 0.1) is 0 Å². The lowest BCUT2D eigenvalue weighted by molar-refractivity contribution is 0.161. The van der Waals surface area contributed by atoms with Gasteiger partial charge in [0.2, 0.25) is 10.0 Å².